The molecule has 41 heavy (non-hydrogen) atoms. The Hall–Kier alpha value is -0.504. The molecule has 0 saturated carbocycles. The van der Waals surface area contributed by atoms with Crippen LogP contribution in [0, 0.1) is 17.3 Å². The molecule has 0 aromatic carbocycles. The van der Waals surface area contributed by atoms with Crippen molar-refractivity contribution >= 4 is 66.9 Å². The van der Waals surface area contributed by atoms with E-state index in [0.717, 1.165) is 5.57 Å². The molecule has 0 heterocycles. The van der Waals surface area contributed by atoms with E-state index >= 15 is 0 Å². The number of hydroxylamine groups is 2. The van der Waals surface area contributed by atoms with Crippen molar-refractivity contribution in [2.75, 3.05) is 21.3 Å². The molecular formula is C31H56INO6SiSn. The van der Waals surface area contributed by atoms with Gasteiger partial charge < -0.3 is 4.43 Å². The number of hydrogen-bond acceptors (Lipinski definition) is 6. The fourth-order valence-electron chi connectivity index (χ4n) is 3.84. The molecule has 0 saturated heterocycles. The molecule has 0 fully saturated rings. The number of Topliss-reactive ketones (excluding diaryl/α,β-unsaturated/α-hetero) is 1. The van der Waals surface area contributed by atoms with Gasteiger partial charge in [0, 0.05) is 7.05 Å². The van der Waals surface area contributed by atoms with Gasteiger partial charge in [-0.15, -0.1) is 0 Å². The molecule has 0 bridgehead atoms. The van der Waals surface area contributed by atoms with Gasteiger partial charge in [0.1, 0.15) is 0 Å². The van der Waals surface area contributed by atoms with Crippen molar-refractivity contribution in [3.63, 3.8) is 0 Å². The van der Waals surface area contributed by atoms with Crippen molar-refractivity contribution in [3.05, 3.63) is 32.0 Å². The number of ketones is 1. The first kappa shape index (κ1) is 40.5. The molecule has 10 heteroatoms. The number of carbonyl (C=O) groups excluding carboxylic acids is 3. The van der Waals surface area contributed by atoms with Crippen LogP contribution < -0.4 is 0 Å². The first-order valence-corrected chi connectivity index (χ1v) is 28.7. The normalized spacial score (nSPS) is 16.1. The number of esters is 1. The van der Waals surface area contributed by atoms with Gasteiger partial charge in [-0.3, -0.25) is 9.63 Å². The van der Waals surface area contributed by atoms with Crippen LogP contribution in [0.2, 0.25) is 33.0 Å². The third kappa shape index (κ3) is 13.8. The average Bonchev–Trinajstić information content (AvgIpc) is 2.85. The monoisotopic (exact) mass is 813 g/mol. The number of rotatable bonds is 16. The Morgan fingerprint density at radius 1 is 1.05 bits per heavy atom. The Morgan fingerprint density at radius 3 is 2.05 bits per heavy atom. The van der Waals surface area contributed by atoms with Gasteiger partial charge in [0.05, 0.1) is 7.11 Å². The van der Waals surface area contributed by atoms with Crippen LogP contribution in [0.3, 0.4) is 0 Å². The van der Waals surface area contributed by atoms with Crippen LogP contribution in [0.4, 0.5) is 0 Å². The van der Waals surface area contributed by atoms with Crippen LogP contribution in [-0.2, 0) is 28.4 Å². The van der Waals surface area contributed by atoms with Gasteiger partial charge >= 0.3 is 157 Å². The number of nitrogens with zero attached hydrogens (tertiary/aromatic N) is 1. The first-order chi connectivity index (χ1) is 18.5. The summed E-state index contributed by atoms with van der Waals surface area (Å²) in [5, 5.41) is 1.24. The van der Waals surface area contributed by atoms with Crippen LogP contribution in [0.25, 0.3) is 0 Å². The summed E-state index contributed by atoms with van der Waals surface area (Å²) in [6, 6.07) is 0. The zero-order chi connectivity index (χ0) is 32.4. The van der Waals surface area contributed by atoms with E-state index in [1.165, 1.54) is 19.3 Å². The van der Waals surface area contributed by atoms with Crippen LogP contribution in [-0.4, -0.2) is 76.8 Å². The van der Waals surface area contributed by atoms with Gasteiger partial charge in [0.15, 0.2) is 8.32 Å². The number of allylic oxidation sites excluding steroid dienone is 3. The molecule has 0 aliphatic heterocycles. The number of amides is 1. The third-order valence-electron chi connectivity index (χ3n) is 7.79. The van der Waals surface area contributed by atoms with Crippen LogP contribution in [0.15, 0.2) is 32.0 Å². The summed E-state index contributed by atoms with van der Waals surface area (Å²) >= 11 is -0.0865. The van der Waals surface area contributed by atoms with Crippen LogP contribution in [0.1, 0.15) is 60.8 Å². The number of carbonyl (C=O) groups is 3. The maximum atomic E-state index is 13.5. The Bertz CT molecular complexity index is 978. The average molecular weight is 812 g/mol. The molecule has 0 aliphatic rings. The molecule has 0 spiro atoms. The van der Waals surface area contributed by atoms with Crippen molar-refractivity contribution in [2.45, 2.75) is 99.9 Å². The zero-order valence-electron chi connectivity index (χ0n) is 28.0. The van der Waals surface area contributed by atoms with E-state index in [1.807, 2.05) is 43.1 Å². The minimum atomic E-state index is -2.25. The molecule has 7 nitrogen and oxygen atoms in total. The summed E-state index contributed by atoms with van der Waals surface area (Å²) in [6.07, 6.45) is 6.83. The Morgan fingerprint density at radius 2 is 1.61 bits per heavy atom. The molecular weight excluding hydrogens is 756 g/mol. The second kappa shape index (κ2) is 17.1. The van der Waals surface area contributed by atoms with Crippen molar-refractivity contribution < 1.29 is 28.4 Å². The van der Waals surface area contributed by atoms with Crippen molar-refractivity contribution in [2.24, 2.45) is 17.3 Å². The summed E-state index contributed by atoms with van der Waals surface area (Å²) < 4.78 is 15.9. The van der Waals surface area contributed by atoms with Crippen LogP contribution >= 0.6 is 22.6 Å². The molecule has 0 N–H and O–H groups in total. The van der Waals surface area contributed by atoms with Crippen LogP contribution in [0.5, 0.6) is 0 Å². The number of methoxy groups -OCH3 is 1. The van der Waals surface area contributed by atoms with Crippen molar-refractivity contribution in [3.8, 4) is 0 Å². The Balaban J connectivity index is 6.07. The van der Waals surface area contributed by atoms with E-state index in [2.05, 4.69) is 75.4 Å². The fraction of sp³-hybridized carbons (Fsp3) is 0.710. The molecule has 1 unspecified atom stereocenters. The summed E-state index contributed by atoms with van der Waals surface area (Å²) in [6.45, 7) is 16.6. The summed E-state index contributed by atoms with van der Waals surface area (Å²) in [7, 11) is 2.22. The molecule has 236 valence electrons. The number of halogens is 1. The minimum absolute atomic E-state index is 0.0183. The number of hydrogen-bond donors (Lipinski definition) is 0. The molecule has 0 radical (unpaired) electrons. The SMILES string of the molecule is COC(=O)C(C/C=C(\C)CC[C@H](C(=O)N(C)OC)[C@@H](/C=C/I)O[Si](C)(C)C(C)(C)C)C(=O)C(C)(C)/C=[CH]/[Sn]([CH3])([CH3])[CH3]. The van der Waals surface area contributed by atoms with E-state index in [0.29, 0.717) is 12.8 Å². The maximum absolute atomic E-state index is 13.5. The summed E-state index contributed by atoms with van der Waals surface area (Å²) in [4.78, 5) is 51.7. The van der Waals surface area contributed by atoms with Gasteiger partial charge in [-0.2, -0.15) is 0 Å². The van der Waals surface area contributed by atoms with E-state index in [4.69, 9.17) is 14.0 Å². The summed E-state index contributed by atoms with van der Waals surface area (Å²) in [5.41, 5.74) is 0.223. The fourth-order valence-corrected chi connectivity index (χ4v) is 8.14. The van der Waals surface area contributed by atoms with Gasteiger partial charge in [-0.05, 0) is 22.2 Å². The first-order valence-electron chi connectivity index (χ1n) is 14.3. The molecule has 0 aromatic heterocycles. The van der Waals surface area contributed by atoms with Gasteiger partial charge in [0.2, 0.25) is 0 Å². The topological polar surface area (TPSA) is 82.1 Å². The predicted octanol–water partition coefficient (Wildman–Crippen LogP) is 7.90. The molecule has 0 rings (SSSR count). The van der Waals surface area contributed by atoms with E-state index in [-0.39, 0.29) is 23.1 Å². The molecule has 0 aliphatic carbocycles. The third-order valence-corrected chi connectivity index (χ3v) is 16.0. The second-order valence-corrected chi connectivity index (χ2v) is 33.9. The molecule has 3 atom stereocenters. The summed E-state index contributed by atoms with van der Waals surface area (Å²) in [5.74, 6) is -2.18. The number of ether oxygens (including phenoxy) is 1. The van der Waals surface area contributed by atoms with Gasteiger partial charge in [-0.25, -0.2) is 5.06 Å². The predicted molar refractivity (Wildman–Crippen MR) is 183 cm³/mol. The van der Waals surface area contributed by atoms with E-state index in [9.17, 15) is 14.4 Å². The second-order valence-electron chi connectivity index (χ2n) is 14.0. The van der Waals surface area contributed by atoms with E-state index in [1.54, 1.807) is 7.05 Å². The quantitative estimate of drug-likeness (QED) is 0.0394. The standard InChI is InChI=1S/C28H47INO6Si.3CH3.Sn/c1-13-28(6,7)24(31)22(26(33)34-9)17-15-20(2)14-16-21(25(32)30(8)35-10)23(18-19-29)36-37(11,12)27(3,4)5;;;;/h1,13,15,18-19,21-23H,14,16-17H2,2-12H3;3*1H3;/b13-1?,19-18+,20-15+;;;;/t21-,22?,23+;;;;/m0..../s1. The Labute approximate surface area is 269 Å². The Kier molecular flexibility index (Phi) is 16.9. The van der Waals surface area contributed by atoms with E-state index < -0.39 is 56.0 Å². The zero-order valence-corrected chi connectivity index (χ0v) is 34.0. The molecule has 0 aromatic rings. The van der Waals surface area contributed by atoms with Crippen molar-refractivity contribution in [1.29, 1.82) is 0 Å². The molecule has 1 amide bonds. The van der Waals surface area contributed by atoms with Crippen molar-refractivity contribution in [1.82, 2.24) is 5.06 Å². The van der Waals surface area contributed by atoms with Gasteiger partial charge in [0.25, 0.3) is 0 Å². The van der Waals surface area contributed by atoms with Gasteiger partial charge in [-0.1, -0.05) is 49.4 Å².